The summed E-state index contributed by atoms with van der Waals surface area (Å²) < 4.78 is 7.60. The number of carbonyl (C=O) groups excluding carboxylic acids is 1. The number of aromatic nitrogens is 3. The van der Waals surface area contributed by atoms with Crippen LogP contribution in [0.2, 0.25) is 0 Å². The molecule has 3 heterocycles. The summed E-state index contributed by atoms with van der Waals surface area (Å²) in [7, 11) is 0. The predicted molar refractivity (Wildman–Crippen MR) is 158 cm³/mol. The molecule has 8 heteroatoms. The molecule has 4 aromatic rings. The van der Waals surface area contributed by atoms with Crippen molar-refractivity contribution in [2.45, 2.75) is 45.6 Å². The van der Waals surface area contributed by atoms with Crippen molar-refractivity contribution in [1.82, 2.24) is 19.7 Å². The van der Waals surface area contributed by atoms with Crippen molar-refractivity contribution < 1.29 is 11.0 Å². The zero-order valence-corrected chi connectivity index (χ0v) is 22.8. The second-order valence-corrected chi connectivity index (χ2v) is 10.8. The summed E-state index contributed by atoms with van der Waals surface area (Å²) in [6, 6.07) is 18.3. The summed E-state index contributed by atoms with van der Waals surface area (Å²) in [4.78, 5) is 31.0. The minimum Gasteiger partial charge on any atom is -0.373 e. The van der Waals surface area contributed by atoms with Crippen LogP contribution in [0.25, 0.3) is 11.6 Å². The molecule has 2 atom stereocenters. The lowest BCUT2D eigenvalue weighted by Gasteiger charge is -2.35. The number of morpholine rings is 1. The molecule has 2 aromatic carbocycles. The molecule has 1 aliphatic carbocycles. The van der Waals surface area contributed by atoms with Gasteiger partial charge in [0.05, 0.1) is 36.2 Å². The number of ether oxygens (including phenoxy) is 1. The van der Waals surface area contributed by atoms with Gasteiger partial charge in [-0.15, -0.1) is 0 Å². The third kappa shape index (κ3) is 5.83. The van der Waals surface area contributed by atoms with E-state index in [0.717, 1.165) is 36.3 Å². The Bertz CT molecular complexity index is 1620. The average molecular weight is 538 g/mol. The Kier molecular flexibility index (Phi) is 7.19. The lowest BCUT2D eigenvalue weighted by molar-refractivity contribution is -0.0704. The number of pyridine rings is 1. The third-order valence-electron chi connectivity index (χ3n) is 7.41. The number of hydrogen-bond donors (Lipinski definition) is 2. The number of carbonyl (C=O) groups is 1. The van der Waals surface area contributed by atoms with Gasteiger partial charge in [-0.25, -0.2) is 0 Å². The van der Waals surface area contributed by atoms with Crippen molar-refractivity contribution in [2.75, 3.05) is 18.4 Å². The second kappa shape index (κ2) is 11.1. The van der Waals surface area contributed by atoms with Gasteiger partial charge in [0.2, 0.25) is 0 Å². The van der Waals surface area contributed by atoms with Gasteiger partial charge in [-0.3, -0.25) is 19.2 Å². The maximum atomic E-state index is 12.9. The monoisotopic (exact) mass is 537 g/mol. The first kappa shape index (κ1) is 26.0. The summed E-state index contributed by atoms with van der Waals surface area (Å²) in [5.41, 5.74) is 7.00. The normalized spacial score (nSPS) is 18.8. The minimum atomic E-state index is -0.280. The lowest BCUT2D eigenvalue weighted by Crippen LogP contribution is -2.44. The van der Waals surface area contributed by atoms with Gasteiger partial charge < -0.3 is 15.0 Å². The highest BCUT2D eigenvalue weighted by Crippen LogP contribution is 2.32. The van der Waals surface area contributed by atoms with Crippen LogP contribution in [-0.2, 0) is 24.2 Å². The molecule has 0 unspecified atom stereocenters. The number of hydrogen-bond acceptors (Lipinski definition) is 5. The smallest absolute Gasteiger partial charge is 0.258 e. The van der Waals surface area contributed by atoms with Crippen LogP contribution in [0.3, 0.4) is 0 Å². The highest BCUT2D eigenvalue weighted by Gasteiger charge is 2.23. The van der Waals surface area contributed by atoms with Gasteiger partial charge in [0.25, 0.3) is 11.5 Å². The van der Waals surface area contributed by atoms with Gasteiger partial charge in [-0.2, -0.15) is 5.10 Å². The van der Waals surface area contributed by atoms with Crippen LogP contribution in [0.15, 0.2) is 78.0 Å². The van der Waals surface area contributed by atoms with Crippen molar-refractivity contribution in [3.8, 4) is 0 Å². The van der Waals surface area contributed by atoms with Gasteiger partial charge in [0, 0.05) is 39.0 Å². The highest BCUT2D eigenvalue weighted by molar-refractivity contribution is 6.04. The SMILES string of the molecule is C[C@@H]1CN(Cc2ccc3c(c2)C=C(c2cc(NC(=O)c4cnn(Cc5ccccc5)c4)c[nH]c2=O)C3)C[C@H](C)O1.[HH]. The Morgan fingerprint density at radius 3 is 2.67 bits per heavy atom. The molecule has 1 amide bonds. The third-order valence-corrected chi connectivity index (χ3v) is 7.41. The molecule has 1 fully saturated rings. The van der Waals surface area contributed by atoms with Gasteiger partial charge in [0.15, 0.2) is 0 Å². The van der Waals surface area contributed by atoms with E-state index in [1.807, 2.05) is 30.3 Å². The summed E-state index contributed by atoms with van der Waals surface area (Å²) in [5, 5.41) is 7.23. The molecule has 40 heavy (non-hydrogen) atoms. The van der Waals surface area contributed by atoms with Crippen LogP contribution >= 0.6 is 0 Å². The Labute approximate surface area is 234 Å². The zero-order chi connectivity index (χ0) is 27.6. The van der Waals surface area contributed by atoms with Crippen molar-refractivity contribution >= 4 is 23.2 Å². The Hall–Kier alpha value is -4.27. The van der Waals surface area contributed by atoms with Gasteiger partial charge in [-0.1, -0.05) is 54.6 Å². The van der Waals surface area contributed by atoms with Crippen molar-refractivity contribution in [2.24, 2.45) is 0 Å². The fourth-order valence-electron chi connectivity index (χ4n) is 5.66. The molecule has 2 N–H and O–H groups in total. The van der Waals surface area contributed by atoms with E-state index in [1.165, 1.54) is 17.3 Å². The van der Waals surface area contributed by atoms with Crippen LogP contribution in [0.1, 0.15) is 53.4 Å². The number of H-pyrrole nitrogens is 1. The van der Waals surface area contributed by atoms with Crippen LogP contribution < -0.4 is 10.9 Å². The van der Waals surface area contributed by atoms with E-state index in [9.17, 15) is 9.59 Å². The van der Waals surface area contributed by atoms with E-state index in [-0.39, 0.29) is 25.1 Å². The average Bonchev–Trinajstić information content (AvgIpc) is 3.57. The van der Waals surface area contributed by atoms with Crippen molar-refractivity contribution in [1.29, 1.82) is 0 Å². The molecule has 0 radical (unpaired) electrons. The van der Waals surface area contributed by atoms with E-state index in [1.54, 1.807) is 23.1 Å². The van der Waals surface area contributed by atoms with Crippen LogP contribution in [-0.4, -0.2) is 50.9 Å². The molecule has 8 nitrogen and oxygen atoms in total. The molecule has 0 bridgehead atoms. The number of nitrogens with zero attached hydrogens (tertiary/aromatic N) is 3. The molecule has 6 rings (SSSR count). The van der Waals surface area contributed by atoms with Crippen LogP contribution in [0.5, 0.6) is 0 Å². The molecule has 0 spiro atoms. The quantitative estimate of drug-likeness (QED) is 0.353. The molecule has 1 saturated heterocycles. The standard InChI is InChI=1S/C32H33N5O3.H2/c1-21-16-36(17-22(2)40-21)18-24-8-9-25-11-27(12-26(25)10-24)30-13-29(15-33-32(30)39)35-31(38)28-14-34-37(20-28)19-23-6-4-3-5-7-23;/h3-10,12-15,20-22H,11,16-19H2,1-2H3,(H,33,39)(H,35,38);1H/t21-,22+;. The summed E-state index contributed by atoms with van der Waals surface area (Å²) in [6.45, 7) is 7.53. The van der Waals surface area contributed by atoms with E-state index in [4.69, 9.17) is 4.74 Å². The number of rotatable bonds is 7. The number of anilines is 1. The number of benzene rings is 2. The summed E-state index contributed by atoms with van der Waals surface area (Å²) in [6.07, 6.45) is 8.03. The first-order valence-corrected chi connectivity index (χ1v) is 13.7. The molecule has 1 aliphatic heterocycles. The Morgan fingerprint density at radius 1 is 1.07 bits per heavy atom. The maximum absolute atomic E-state index is 12.9. The maximum Gasteiger partial charge on any atom is 0.258 e. The zero-order valence-electron chi connectivity index (χ0n) is 22.8. The van der Waals surface area contributed by atoms with E-state index in [0.29, 0.717) is 29.8 Å². The molecule has 2 aliphatic rings. The molecular formula is C32H35N5O3. The largest absolute Gasteiger partial charge is 0.373 e. The Morgan fingerprint density at radius 2 is 1.88 bits per heavy atom. The van der Waals surface area contributed by atoms with Crippen molar-refractivity contribution in [3.63, 3.8) is 0 Å². The first-order chi connectivity index (χ1) is 19.4. The van der Waals surface area contributed by atoms with Crippen molar-refractivity contribution in [3.05, 3.63) is 117 Å². The van der Waals surface area contributed by atoms with Crippen LogP contribution in [0, 0.1) is 0 Å². The lowest BCUT2D eigenvalue weighted by atomic mass is 10.0. The number of amides is 1. The summed E-state index contributed by atoms with van der Waals surface area (Å²) in [5.74, 6) is -0.280. The number of allylic oxidation sites excluding steroid dienone is 1. The summed E-state index contributed by atoms with van der Waals surface area (Å²) >= 11 is 0. The van der Waals surface area contributed by atoms with Gasteiger partial charge >= 0.3 is 0 Å². The topological polar surface area (TPSA) is 92.3 Å². The fraction of sp³-hybridized carbons (Fsp3) is 0.281. The number of aromatic amines is 1. The number of nitrogens with one attached hydrogen (secondary N) is 2. The van der Waals surface area contributed by atoms with Gasteiger partial charge in [0.1, 0.15) is 0 Å². The van der Waals surface area contributed by atoms with Crippen LogP contribution in [0.4, 0.5) is 5.69 Å². The molecule has 2 aromatic heterocycles. The highest BCUT2D eigenvalue weighted by atomic mass is 16.5. The first-order valence-electron chi connectivity index (χ1n) is 13.7. The van der Waals surface area contributed by atoms with E-state index < -0.39 is 0 Å². The molecule has 0 saturated carbocycles. The molecule has 206 valence electrons. The van der Waals surface area contributed by atoms with E-state index in [2.05, 4.69) is 58.4 Å². The van der Waals surface area contributed by atoms with Gasteiger partial charge in [-0.05, 0) is 54.2 Å². The number of fused-ring (bicyclic) bond motifs is 1. The minimum absolute atomic E-state index is 0. The fourth-order valence-corrected chi connectivity index (χ4v) is 5.66. The molecular weight excluding hydrogens is 502 g/mol. The predicted octanol–water partition coefficient (Wildman–Crippen LogP) is 4.82. The van der Waals surface area contributed by atoms with E-state index >= 15 is 0 Å². The Balaban J connectivity index is 0.00000337. The second-order valence-electron chi connectivity index (χ2n) is 10.8.